The first kappa shape index (κ1) is 14.6. The van der Waals surface area contributed by atoms with Crippen LogP contribution in [0.2, 0.25) is 0 Å². The van der Waals surface area contributed by atoms with E-state index in [1.54, 1.807) is 20.3 Å². The third-order valence-electron chi connectivity index (χ3n) is 4.30. The maximum atomic E-state index is 12.2. The Morgan fingerprint density at radius 3 is 2.36 bits per heavy atom. The van der Waals surface area contributed by atoms with Gasteiger partial charge in [-0.1, -0.05) is 6.08 Å². The van der Waals surface area contributed by atoms with Gasteiger partial charge in [0.15, 0.2) is 11.5 Å². The molecule has 0 bridgehead atoms. The van der Waals surface area contributed by atoms with Gasteiger partial charge in [0.25, 0.3) is 5.91 Å². The Morgan fingerprint density at radius 1 is 1.09 bits per heavy atom. The molecule has 1 aliphatic heterocycles. The summed E-state index contributed by atoms with van der Waals surface area (Å²) in [6.45, 7) is 0. The van der Waals surface area contributed by atoms with E-state index in [4.69, 9.17) is 9.47 Å². The molecular weight excluding hydrogens is 282 g/mol. The molecule has 0 spiro atoms. The summed E-state index contributed by atoms with van der Waals surface area (Å²) in [5.41, 5.74) is 2.23. The highest BCUT2D eigenvalue weighted by Crippen LogP contribution is 2.41. The normalized spacial score (nSPS) is 20.0. The number of fused-ring (bicyclic) bond motifs is 1. The molecule has 0 aromatic heterocycles. The lowest BCUT2D eigenvalue weighted by Crippen LogP contribution is -2.13. The van der Waals surface area contributed by atoms with Gasteiger partial charge in [-0.3, -0.25) is 9.59 Å². The van der Waals surface area contributed by atoms with Gasteiger partial charge in [-0.25, -0.2) is 0 Å². The van der Waals surface area contributed by atoms with Gasteiger partial charge in [0.1, 0.15) is 5.78 Å². The SMILES string of the molecule is COc1cc2c(cc1OC)C(=CC1CCC(=O)CC1)C(=O)N2. The van der Waals surface area contributed by atoms with E-state index in [0.29, 0.717) is 35.7 Å². The number of benzene rings is 1. The maximum absolute atomic E-state index is 12.2. The van der Waals surface area contributed by atoms with Crippen LogP contribution in [0.15, 0.2) is 18.2 Å². The number of hydrogen-bond acceptors (Lipinski definition) is 4. The molecule has 2 aliphatic rings. The molecule has 1 aliphatic carbocycles. The number of hydrogen-bond donors (Lipinski definition) is 1. The fraction of sp³-hybridized carbons (Fsp3) is 0.412. The van der Waals surface area contributed by atoms with Gasteiger partial charge in [0.2, 0.25) is 0 Å². The Hall–Kier alpha value is -2.30. The van der Waals surface area contributed by atoms with Gasteiger partial charge in [-0.2, -0.15) is 0 Å². The topological polar surface area (TPSA) is 64.6 Å². The zero-order valence-corrected chi connectivity index (χ0v) is 12.8. The molecule has 1 saturated carbocycles. The van der Waals surface area contributed by atoms with Crippen LogP contribution in [0.3, 0.4) is 0 Å². The highest BCUT2D eigenvalue weighted by molar-refractivity contribution is 6.31. The van der Waals surface area contributed by atoms with E-state index < -0.39 is 0 Å². The molecule has 5 heteroatoms. The molecule has 1 amide bonds. The van der Waals surface area contributed by atoms with Crippen LogP contribution in [-0.2, 0) is 9.59 Å². The number of rotatable bonds is 3. The number of anilines is 1. The molecule has 1 fully saturated rings. The third kappa shape index (κ3) is 2.58. The number of nitrogens with one attached hydrogen (secondary N) is 1. The van der Waals surface area contributed by atoms with Crippen LogP contribution in [0.25, 0.3) is 5.57 Å². The standard InChI is InChI=1S/C17H19NO4/c1-21-15-8-12-13(7-10-3-5-11(19)6-4-10)17(20)18-14(12)9-16(15)22-2/h7-10H,3-6H2,1-2H3,(H,18,20). The highest BCUT2D eigenvalue weighted by atomic mass is 16.5. The number of Topliss-reactive ketones (excluding diaryl/α,β-unsaturated/α-hetero) is 1. The lowest BCUT2D eigenvalue weighted by molar-refractivity contribution is -0.120. The second-order valence-electron chi connectivity index (χ2n) is 5.66. The van der Waals surface area contributed by atoms with Crippen molar-refractivity contribution in [2.75, 3.05) is 19.5 Å². The van der Waals surface area contributed by atoms with E-state index >= 15 is 0 Å². The predicted molar refractivity (Wildman–Crippen MR) is 83.1 cm³/mol. The van der Waals surface area contributed by atoms with Crippen LogP contribution in [0.1, 0.15) is 31.2 Å². The second-order valence-corrected chi connectivity index (χ2v) is 5.66. The molecular formula is C17H19NO4. The Balaban J connectivity index is 1.95. The summed E-state index contributed by atoms with van der Waals surface area (Å²) < 4.78 is 10.6. The fourth-order valence-corrected chi connectivity index (χ4v) is 3.05. The minimum atomic E-state index is -0.109. The monoisotopic (exact) mass is 301 g/mol. The molecule has 1 aromatic carbocycles. The molecule has 1 aromatic rings. The molecule has 3 rings (SSSR count). The zero-order chi connectivity index (χ0) is 15.7. The summed E-state index contributed by atoms with van der Waals surface area (Å²) in [7, 11) is 3.14. The van der Waals surface area contributed by atoms with Crippen LogP contribution in [0, 0.1) is 5.92 Å². The van der Waals surface area contributed by atoms with Crippen molar-refractivity contribution in [3.05, 3.63) is 23.8 Å². The minimum absolute atomic E-state index is 0.109. The van der Waals surface area contributed by atoms with Gasteiger partial charge in [0.05, 0.1) is 19.9 Å². The lowest BCUT2D eigenvalue weighted by Gasteiger charge is -2.18. The van der Waals surface area contributed by atoms with Crippen molar-refractivity contribution >= 4 is 23.0 Å². The van der Waals surface area contributed by atoms with Crippen molar-refractivity contribution in [3.8, 4) is 11.5 Å². The molecule has 0 saturated heterocycles. The summed E-state index contributed by atoms with van der Waals surface area (Å²) in [6, 6.07) is 3.60. The summed E-state index contributed by atoms with van der Waals surface area (Å²) in [4.78, 5) is 23.6. The predicted octanol–water partition coefficient (Wildman–Crippen LogP) is 2.80. The quantitative estimate of drug-likeness (QED) is 0.872. The van der Waals surface area contributed by atoms with Gasteiger partial charge in [-0.05, 0) is 24.8 Å². The third-order valence-corrected chi connectivity index (χ3v) is 4.30. The van der Waals surface area contributed by atoms with Crippen LogP contribution in [-0.4, -0.2) is 25.9 Å². The lowest BCUT2D eigenvalue weighted by atomic mass is 9.86. The van der Waals surface area contributed by atoms with Crippen molar-refractivity contribution in [2.24, 2.45) is 5.92 Å². The largest absolute Gasteiger partial charge is 0.493 e. The first-order valence-electron chi connectivity index (χ1n) is 7.43. The summed E-state index contributed by atoms with van der Waals surface area (Å²) in [5.74, 6) is 1.67. The average molecular weight is 301 g/mol. The number of amides is 1. The molecule has 116 valence electrons. The number of allylic oxidation sites excluding steroid dienone is 1. The van der Waals surface area contributed by atoms with Crippen molar-refractivity contribution < 1.29 is 19.1 Å². The Morgan fingerprint density at radius 2 is 1.73 bits per heavy atom. The summed E-state index contributed by atoms with van der Waals surface area (Å²) in [5, 5.41) is 2.86. The molecule has 0 radical (unpaired) electrons. The van der Waals surface area contributed by atoms with E-state index in [2.05, 4.69) is 5.32 Å². The summed E-state index contributed by atoms with van der Waals surface area (Å²) >= 11 is 0. The smallest absolute Gasteiger partial charge is 0.256 e. The molecule has 1 N–H and O–H groups in total. The van der Waals surface area contributed by atoms with Crippen molar-refractivity contribution in [1.82, 2.24) is 0 Å². The molecule has 1 heterocycles. The minimum Gasteiger partial charge on any atom is -0.493 e. The molecule has 22 heavy (non-hydrogen) atoms. The highest BCUT2D eigenvalue weighted by Gasteiger charge is 2.28. The van der Waals surface area contributed by atoms with Gasteiger partial charge in [0, 0.05) is 30.0 Å². The average Bonchev–Trinajstić information content (AvgIpc) is 2.83. The Bertz CT molecular complexity index is 653. The number of methoxy groups -OCH3 is 2. The van der Waals surface area contributed by atoms with Crippen LogP contribution < -0.4 is 14.8 Å². The van der Waals surface area contributed by atoms with Gasteiger partial charge < -0.3 is 14.8 Å². The second kappa shape index (κ2) is 5.83. The Labute approximate surface area is 129 Å². The van der Waals surface area contributed by atoms with Crippen LogP contribution in [0.4, 0.5) is 5.69 Å². The van der Waals surface area contributed by atoms with E-state index in [-0.39, 0.29) is 11.8 Å². The number of carbonyl (C=O) groups is 2. The number of ketones is 1. The summed E-state index contributed by atoms with van der Waals surface area (Å²) in [6.07, 6.45) is 4.85. The Kier molecular flexibility index (Phi) is 3.88. The van der Waals surface area contributed by atoms with Crippen LogP contribution in [0.5, 0.6) is 11.5 Å². The van der Waals surface area contributed by atoms with E-state index in [1.165, 1.54) is 0 Å². The van der Waals surface area contributed by atoms with Crippen molar-refractivity contribution in [1.29, 1.82) is 0 Å². The first-order chi connectivity index (χ1) is 10.6. The van der Waals surface area contributed by atoms with Crippen molar-refractivity contribution in [3.63, 3.8) is 0 Å². The van der Waals surface area contributed by atoms with E-state index in [9.17, 15) is 9.59 Å². The van der Waals surface area contributed by atoms with Gasteiger partial charge in [-0.15, -0.1) is 0 Å². The molecule has 5 nitrogen and oxygen atoms in total. The van der Waals surface area contributed by atoms with Crippen LogP contribution >= 0.6 is 0 Å². The van der Waals surface area contributed by atoms with E-state index in [0.717, 1.165) is 24.1 Å². The zero-order valence-electron chi connectivity index (χ0n) is 12.8. The van der Waals surface area contributed by atoms with Crippen molar-refractivity contribution in [2.45, 2.75) is 25.7 Å². The first-order valence-corrected chi connectivity index (χ1v) is 7.43. The molecule has 0 atom stereocenters. The fourth-order valence-electron chi connectivity index (χ4n) is 3.05. The van der Waals surface area contributed by atoms with E-state index in [1.807, 2.05) is 12.1 Å². The number of carbonyl (C=O) groups excluding carboxylic acids is 2. The number of ether oxygens (including phenoxy) is 2. The van der Waals surface area contributed by atoms with Gasteiger partial charge >= 0.3 is 0 Å². The molecule has 0 unspecified atom stereocenters. The maximum Gasteiger partial charge on any atom is 0.256 e.